The number of rotatable bonds is 5. The Morgan fingerprint density at radius 1 is 1.27 bits per heavy atom. The molecule has 1 saturated heterocycles. The van der Waals surface area contributed by atoms with Gasteiger partial charge in [-0.15, -0.1) is 0 Å². The molecule has 0 unspecified atom stereocenters. The molecule has 0 saturated carbocycles. The molecule has 0 spiro atoms. The minimum absolute atomic E-state index is 0.00650. The number of carbonyl (C=O) groups is 1. The van der Waals surface area contributed by atoms with E-state index in [1.165, 1.54) is 18.4 Å². The van der Waals surface area contributed by atoms with Crippen molar-refractivity contribution in [2.24, 2.45) is 0 Å². The lowest BCUT2D eigenvalue weighted by molar-refractivity contribution is -0.384. The first kappa shape index (κ1) is 16.0. The van der Waals surface area contributed by atoms with Gasteiger partial charge in [0.1, 0.15) is 0 Å². The Morgan fingerprint density at radius 2 is 2.04 bits per heavy atom. The van der Waals surface area contributed by atoms with Gasteiger partial charge in [0.05, 0.1) is 23.5 Å². The molecular formula is C17H14N4O5. The fourth-order valence-corrected chi connectivity index (χ4v) is 2.77. The zero-order valence-electron chi connectivity index (χ0n) is 13.6. The molecule has 0 aliphatic carbocycles. The zero-order valence-corrected chi connectivity index (χ0v) is 13.6. The van der Waals surface area contributed by atoms with E-state index in [-0.39, 0.29) is 23.9 Å². The molecule has 3 heterocycles. The lowest BCUT2D eigenvalue weighted by Crippen LogP contribution is -2.49. The summed E-state index contributed by atoms with van der Waals surface area (Å²) >= 11 is 0. The van der Waals surface area contributed by atoms with Crippen LogP contribution in [-0.4, -0.2) is 39.0 Å². The molecule has 0 bridgehead atoms. The number of nitrogens with zero attached hydrogens (tertiary/aromatic N) is 4. The van der Waals surface area contributed by atoms with E-state index in [2.05, 4.69) is 10.1 Å². The van der Waals surface area contributed by atoms with E-state index >= 15 is 0 Å². The average molecular weight is 354 g/mol. The molecule has 4 rings (SSSR count). The molecule has 9 nitrogen and oxygen atoms in total. The van der Waals surface area contributed by atoms with Crippen LogP contribution in [0.25, 0.3) is 11.6 Å². The van der Waals surface area contributed by atoms with Crippen molar-refractivity contribution in [1.29, 1.82) is 0 Å². The largest absolute Gasteiger partial charge is 0.461 e. The SMILES string of the molecule is O=C(Cc1ccc([N+](=O)[O-])cc1)N1CC(c2nc(-c3ccco3)no2)C1. The third kappa shape index (κ3) is 3.06. The van der Waals surface area contributed by atoms with Gasteiger partial charge >= 0.3 is 0 Å². The normalized spacial score (nSPS) is 14.2. The van der Waals surface area contributed by atoms with Gasteiger partial charge in [-0.3, -0.25) is 14.9 Å². The van der Waals surface area contributed by atoms with Crippen LogP contribution < -0.4 is 0 Å². The van der Waals surface area contributed by atoms with Crippen LogP contribution in [0.1, 0.15) is 17.4 Å². The summed E-state index contributed by atoms with van der Waals surface area (Å²) in [6, 6.07) is 9.48. The summed E-state index contributed by atoms with van der Waals surface area (Å²) in [6.45, 7) is 1.01. The quantitative estimate of drug-likeness (QED) is 0.510. The Morgan fingerprint density at radius 3 is 2.69 bits per heavy atom. The van der Waals surface area contributed by atoms with E-state index in [0.29, 0.717) is 30.6 Å². The molecule has 3 aromatic rings. The predicted octanol–water partition coefficient (Wildman–Crippen LogP) is 2.41. The van der Waals surface area contributed by atoms with E-state index in [0.717, 1.165) is 5.56 Å². The van der Waals surface area contributed by atoms with Crippen molar-refractivity contribution in [2.75, 3.05) is 13.1 Å². The van der Waals surface area contributed by atoms with Gasteiger partial charge in [-0.25, -0.2) is 0 Å². The molecule has 132 valence electrons. The van der Waals surface area contributed by atoms with Crippen molar-refractivity contribution in [2.45, 2.75) is 12.3 Å². The second-order valence-corrected chi connectivity index (χ2v) is 6.03. The highest BCUT2D eigenvalue weighted by Crippen LogP contribution is 2.28. The number of nitro groups is 1. The van der Waals surface area contributed by atoms with Crippen LogP contribution in [-0.2, 0) is 11.2 Å². The number of furan rings is 1. The number of carbonyl (C=O) groups excluding carboxylic acids is 1. The van der Waals surface area contributed by atoms with E-state index in [4.69, 9.17) is 8.94 Å². The predicted molar refractivity (Wildman–Crippen MR) is 88.1 cm³/mol. The number of hydrogen-bond acceptors (Lipinski definition) is 7. The Balaban J connectivity index is 1.33. The van der Waals surface area contributed by atoms with Crippen molar-refractivity contribution in [3.05, 3.63) is 64.2 Å². The lowest BCUT2D eigenvalue weighted by Gasteiger charge is -2.37. The highest BCUT2D eigenvalue weighted by molar-refractivity contribution is 5.79. The summed E-state index contributed by atoms with van der Waals surface area (Å²) in [5.74, 6) is 1.37. The summed E-state index contributed by atoms with van der Waals surface area (Å²) in [4.78, 5) is 28.5. The van der Waals surface area contributed by atoms with E-state index in [1.807, 2.05) is 0 Å². The Hall–Kier alpha value is -3.49. The second kappa shape index (κ2) is 6.43. The third-order valence-corrected chi connectivity index (χ3v) is 4.27. The highest BCUT2D eigenvalue weighted by atomic mass is 16.6. The first-order valence-corrected chi connectivity index (χ1v) is 7.99. The smallest absolute Gasteiger partial charge is 0.269 e. The number of likely N-dealkylation sites (tertiary alicyclic amines) is 1. The maximum Gasteiger partial charge on any atom is 0.269 e. The van der Waals surface area contributed by atoms with Crippen LogP contribution in [0.5, 0.6) is 0 Å². The Kier molecular flexibility index (Phi) is 3.96. The fourth-order valence-electron chi connectivity index (χ4n) is 2.77. The summed E-state index contributed by atoms with van der Waals surface area (Å²) in [6.07, 6.45) is 1.74. The molecule has 1 fully saturated rings. The van der Waals surface area contributed by atoms with Crippen molar-refractivity contribution >= 4 is 11.6 Å². The molecule has 26 heavy (non-hydrogen) atoms. The molecular weight excluding hydrogens is 340 g/mol. The van der Waals surface area contributed by atoms with Gasteiger partial charge in [0.15, 0.2) is 5.76 Å². The van der Waals surface area contributed by atoms with Crippen molar-refractivity contribution < 1.29 is 18.7 Å². The van der Waals surface area contributed by atoms with E-state index < -0.39 is 4.92 Å². The monoisotopic (exact) mass is 354 g/mol. The van der Waals surface area contributed by atoms with Crippen LogP contribution in [0.3, 0.4) is 0 Å². The van der Waals surface area contributed by atoms with Gasteiger partial charge < -0.3 is 13.8 Å². The van der Waals surface area contributed by atoms with Crippen molar-refractivity contribution in [1.82, 2.24) is 15.0 Å². The summed E-state index contributed by atoms with van der Waals surface area (Å²) < 4.78 is 10.5. The van der Waals surface area contributed by atoms with Gasteiger partial charge in [0, 0.05) is 25.2 Å². The van der Waals surface area contributed by atoms with Gasteiger partial charge in [-0.2, -0.15) is 4.98 Å². The van der Waals surface area contributed by atoms with Crippen LogP contribution >= 0.6 is 0 Å². The summed E-state index contributed by atoms with van der Waals surface area (Å²) in [7, 11) is 0. The maximum absolute atomic E-state index is 12.3. The molecule has 1 amide bonds. The molecule has 9 heteroatoms. The Bertz CT molecular complexity index is 926. The molecule has 1 aliphatic heterocycles. The first-order chi connectivity index (χ1) is 12.6. The van der Waals surface area contributed by atoms with Crippen LogP contribution in [0.4, 0.5) is 5.69 Å². The number of aromatic nitrogens is 2. The van der Waals surface area contributed by atoms with Crippen LogP contribution in [0.15, 0.2) is 51.6 Å². The summed E-state index contributed by atoms with van der Waals surface area (Å²) in [5.41, 5.74) is 0.746. The minimum atomic E-state index is -0.465. The molecule has 1 aromatic carbocycles. The second-order valence-electron chi connectivity index (χ2n) is 6.03. The van der Waals surface area contributed by atoms with Crippen LogP contribution in [0.2, 0.25) is 0 Å². The number of benzene rings is 1. The van der Waals surface area contributed by atoms with Gasteiger partial charge in [0.2, 0.25) is 17.6 Å². The van der Waals surface area contributed by atoms with Crippen molar-refractivity contribution in [3.8, 4) is 11.6 Å². The molecule has 0 N–H and O–H groups in total. The minimum Gasteiger partial charge on any atom is -0.461 e. The zero-order chi connectivity index (χ0) is 18.1. The third-order valence-electron chi connectivity index (χ3n) is 4.27. The van der Waals surface area contributed by atoms with Crippen LogP contribution in [0, 0.1) is 10.1 Å². The van der Waals surface area contributed by atoms with E-state index in [1.54, 1.807) is 29.2 Å². The first-order valence-electron chi connectivity index (χ1n) is 7.99. The van der Waals surface area contributed by atoms with E-state index in [9.17, 15) is 14.9 Å². The van der Waals surface area contributed by atoms with Gasteiger partial charge in [-0.1, -0.05) is 17.3 Å². The number of hydrogen-bond donors (Lipinski definition) is 0. The lowest BCUT2D eigenvalue weighted by atomic mass is 9.99. The standard InChI is InChI=1S/C17H14N4O5/c22-15(8-11-3-5-13(6-4-11)21(23)24)20-9-12(10-20)17-18-16(19-26-17)14-2-1-7-25-14/h1-7,12H,8-10H2. The molecule has 0 radical (unpaired) electrons. The molecule has 0 atom stereocenters. The maximum atomic E-state index is 12.3. The highest BCUT2D eigenvalue weighted by Gasteiger charge is 2.35. The molecule has 2 aromatic heterocycles. The molecule has 1 aliphatic rings. The Labute approximate surface area is 147 Å². The summed E-state index contributed by atoms with van der Waals surface area (Å²) in [5, 5.41) is 14.5. The number of amides is 1. The van der Waals surface area contributed by atoms with Crippen molar-refractivity contribution in [3.63, 3.8) is 0 Å². The number of non-ortho nitro benzene ring substituents is 1. The van der Waals surface area contributed by atoms with Gasteiger partial charge in [0.25, 0.3) is 5.69 Å². The number of nitro benzene ring substituents is 1. The van der Waals surface area contributed by atoms with Gasteiger partial charge in [-0.05, 0) is 17.7 Å². The average Bonchev–Trinajstić information content (AvgIpc) is 3.25. The topological polar surface area (TPSA) is 116 Å². The fraction of sp³-hybridized carbons (Fsp3) is 0.235.